The lowest BCUT2D eigenvalue weighted by molar-refractivity contribution is -0.118. The molecule has 0 saturated carbocycles. The average molecular weight is 508 g/mol. The molecule has 7 nitrogen and oxygen atoms in total. The summed E-state index contributed by atoms with van der Waals surface area (Å²) in [7, 11) is 1.93. The maximum absolute atomic E-state index is 13.2. The van der Waals surface area contributed by atoms with Crippen molar-refractivity contribution < 1.29 is 22.3 Å². The number of fused-ring (bicyclic) bond motifs is 1. The number of benzene rings is 2. The van der Waals surface area contributed by atoms with Crippen molar-refractivity contribution >= 4 is 42.4 Å². The highest BCUT2D eigenvalue weighted by Gasteiger charge is 2.23. The van der Waals surface area contributed by atoms with Gasteiger partial charge in [0.2, 0.25) is 5.91 Å². The van der Waals surface area contributed by atoms with Gasteiger partial charge in [0.15, 0.2) is 15.0 Å². The molecule has 3 rings (SSSR count). The first kappa shape index (κ1) is 26.1. The van der Waals surface area contributed by atoms with Crippen LogP contribution >= 0.6 is 11.3 Å². The number of amides is 1. The highest BCUT2D eigenvalue weighted by molar-refractivity contribution is 7.91. The van der Waals surface area contributed by atoms with E-state index in [2.05, 4.69) is 0 Å². The fourth-order valence-electron chi connectivity index (χ4n) is 3.56. The summed E-state index contributed by atoms with van der Waals surface area (Å²) in [5.74, 6) is -0.217. The van der Waals surface area contributed by atoms with Crippen molar-refractivity contribution in [2.75, 3.05) is 44.9 Å². The third-order valence-electron chi connectivity index (χ3n) is 5.41. The van der Waals surface area contributed by atoms with Crippen molar-refractivity contribution in [2.45, 2.75) is 31.1 Å². The van der Waals surface area contributed by atoms with Gasteiger partial charge in [0, 0.05) is 13.0 Å². The number of thiazole rings is 1. The molecule has 0 bridgehead atoms. The Hall–Kier alpha value is -2.56. The van der Waals surface area contributed by atoms with E-state index < -0.39 is 15.7 Å². The molecule has 0 spiro atoms. The highest BCUT2D eigenvalue weighted by atomic mass is 32.2. The number of rotatable bonds is 11. The lowest BCUT2D eigenvalue weighted by Crippen LogP contribution is -2.33. The Labute approximate surface area is 204 Å². The molecule has 3 aromatic rings. The van der Waals surface area contributed by atoms with Gasteiger partial charge in [0.1, 0.15) is 17.1 Å². The number of halogens is 1. The SMILES string of the molecule is COc1ccc(C)c2sc(N(CCCN(C)C)C(=O)CCCS(=O)(=O)c3ccc(F)cc3)nc12. The lowest BCUT2D eigenvalue weighted by Gasteiger charge is -2.21. The Morgan fingerprint density at radius 2 is 1.79 bits per heavy atom. The molecule has 0 saturated heterocycles. The fraction of sp³-hybridized carbons (Fsp3) is 0.417. The van der Waals surface area contributed by atoms with Crippen LogP contribution in [0.1, 0.15) is 24.8 Å². The Morgan fingerprint density at radius 3 is 2.44 bits per heavy atom. The van der Waals surface area contributed by atoms with E-state index in [0.717, 1.165) is 35.4 Å². The summed E-state index contributed by atoms with van der Waals surface area (Å²) in [6.45, 7) is 3.27. The third kappa shape index (κ3) is 6.31. The number of sulfone groups is 1. The van der Waals surface area contributed by atoms with E-state index in [1.54, 1.807) is 12.0 Å². The van der Waals surface area contributed by atoms with Crippen LogP contribution in [0, 0.1) is 12.7 Å². The first-order valence-corrected chi connectivity index (χ1v) is 13.5. The molecular weight excluding hydrogens is 477 g/mol. The van der Waals surface area contributed by atoms with Gasteiger partial charge in [-0.1, -0.05) is 17.4 Å². The number of methoxy groups -OCH3 is 1. The summed E-state index contributed by atoms with van der Waals surface area (Å²) in [6, 6.07) is 8.55. The number of hydrogen-bond donors (Lipinski definition) is 0. The summed E-state index contributed by atoms with van der Waals surface area (Å²) < 4.78 is 44.6. The molecule has 0 aliphatic carbocycles. The molecule has 1 heterocycles. The minimum Gasteiger partial charge on any atom is -0.494 e. The molecular formula is C24H30FN3O4S2. The van der Waals surface area contributed by atoms with Crippen LogP contribution in [-0.2, 0) is 14.6 Å². The maximum atomic E-state index is 13.2. The minimum absolute atomic E-state index is 0.0536. The number of aryl methyl sites for hydroxylation is 1. The van der Waals surface area contributed by atoms with Crippen LogP contribution in [0.15, 0.2) is 41.3 Å². The molecule has 0 atom stereocenters. The van der Waals surface area contributed by atoms with Crippen LogP contribution < -0.4 is 9.64 Å². The van der Waals surface area contributed by atoms with Crippen LogP contribution in [0.25, 0.3) is 10.2 Å². The summed E-state index contributed by atoms with van der Waals surface area (Å²) >= 11 is 1.43. The molecule has 184 valence electrons. The van der Waals surface area contributed by atoms with Gasteiger partial charge in [0.05, 0.1) is 22.5 Å². The van der Waals surface area contributed by atoms with Crippen molar-refractivity contribution in [3.05, 3.63) is 47.8 Å². The standard InChI is InChI=1S/C24H30FN3O4S2/c1-17-8-13-20(32-4)22-23(17)33-24(26-22)28(15-6-14-27(2)3)21(29)7-5-16-34(30,31)19-11-9-18(25)10-12-19/h8-13H,5-7,14-16H2,1-4H3. The fourth-order valence-corrected chi connectivity index (χ4v) is 5.96. The number of carbonyl (C=O) groups excluding carboxylic acids is 1. The summed E-state index contributed by atoms with van der Waals surface area (Å²) in [6.07, 6.45) is 0.975. The van der Waals surface area contributed by atoms with Gasteiger partial charge in [-0.05, 0) is 76.3 Å². The predicted molar refractivity (Wildman–Crippen MR) is 134 cm³/mol. The van der Waals surface area contributed by atoms with Crippen molar-refractivity contribution in [1.29, 1.82) is 0 Å². The zero-order valence-electron chi connectivity index (χ0n) is 19.9. The van der Waals surface area contributed by atoms with Gasteiger partial charge in [-0.15, -0.1) is 0 Å². The molecule has 34 heavy (non-hydrogen) atoms. The predicted octanol–water partition coefficient (Wildman–Crippen LogP) is 4.29. The second-order valence-electron chi connectivity index (χ2n) is 8.34. The molecule has 1 amide bonds. The molecule has 0 N–H and O–H groups in total. The summed E-state index contributed by atoms with van der Waals surface area (Å²) in [5.41, 5.74) is 1.76. The molecule has 10 heteroatoms. The monoisotopic (exact) mass is 507 g/mol. The first-order chi connectivity index (χ1) is 16.1. The smallest absolute Gasteiger partial charge is 0.228 e. The Morgan fingerprint density at radius 1 is 1.09 bits per heavy atom. The summed E-state index contributed by atoms with van der Waals surface area (Å²) in [4.78, 5) is 21.7. The molecule has 0 aliphatic rings. The average Bonchev–Trinajstić information content (AvgIpc) is 3.23. The van der Waals surface area contributed by atoms with E-state index in [4.69, 9.17) is 9.72 Å². The van der Waals surface area contributed by atoms with Crippen molar-refractivity contribution in [1.82, 2.24) is 9.88 Å². The molecule has 0 radical (unpaired) electrons. The molecule has 0 fully saturated rings. The quantitative estimate of drug-likeness (QED) is 0.360. The topological polar surface area (TPSA) is 79.8 Å². The van der Waals surface area contributed by atoms with Crippen LogP contribution in [0.5, 0.6) is 5.75 Å². The normalized spacial score (nSPS) is 11.8. The van der Waals surface area contributed by atoms with E-state index in [9.17, 15) is 17.6 Å². The van der Waals surface area contributed by atoms with E-state index >= 15 is 0 Å². The molecule has 1 aromatic heterocycles. The van der Waals surface area contributed by atoms with Crippen molar-refractivity contribution in [2.24, 2.45) is 0 Å². The Balaban J connectivity index is 1.77. The number of anilines is 1. The lowest BCUT2D eigenvalue weighted by atomic mass is 10.2. The zero-order chi connectivity index (χ0) is 24.9. The van der Waals surface area contributed by atoms with E-state index in [1.165, 1.54) is 23.5 Å². The zero-order valence-corrected chi connectivity index (χ0v) is 21.5. The molecule has 2 aromatic carbocycles. The largest absolute Gasteiger partial charge is 0.494 e. The van der Waals surface area contributed by atoms with E-state index in [0.29, 0.717) is 22.9 Å². The third-order valence-corrected chi connectivity index (χ3v) is 8.44. The number of ether oxygens (including phenoxy) is 1. The van der Waals surface area contributed by atoms with Crippen molar-refractivity contribution in [3.8, 4) is 5.75 Å². The Kier molecular flexibility index (Phi) is 8.62. The van der Waals surface area contributed by atoms with E-state index in [-0.39, 0.29) is 29.4 Å². The van der Waals surface area contributed by atoms with Gasteiger partial charge in [-0.25, -0.2) is 17.8 Å². The minimum atomic E-state index is -3.60. The first-order valence-electron chi connectivity index (χ1n) is 11.0. The van der Waals surface area contributed by atoms with Crippen LogP contribution in [0.2, 0.25) is 0 Å². The number of aromatic nitrogens is 1. The van der Waals surface area contributed by atoms with Gasteiger partial charge >= 0.3 is 0 Å². The molecule has 0 unspecified atom stereocenters. The highest BCUT2D eigenvalue weighted by Crippen LogP contribution is 2.36. The van der Waals surface area contributed by atoms with Gasteiger partial charge < -0.3 is 9.64 Å². The van der Waals surface area contributed by atoms with Crippen molar-refractivity contribution in [3.63, 3.8) is 0 Å². The van der Waals surface area contributed by atoms with Crippen LogP contribution in [-0.4, -0.2) is 64.3 Å². The second kappa shape index (κ2) is 11.2. The van der Waals surface area contributed by atoms with Crippen LogP contribution in [0.3, 0.4) is 0 Å². The number of carbonyl (C=O) groups is 1. The summed E-state index contributed by atoms with van der Waals surface area (Å²) in [5, 5.41) is 0.577. The maximum Gasteiger partial charge on any atom is 0.228 e. The van der Waals surface area contributed by atoms with Gasteiger partial charge in [-0.3, -0.25) is 9.69 Å². The van der Waals surface area contributed by atoms with Crippen LogP contribution in [0.4, 0.5) is 9.52 Å². The van der Waals surface area contributed by atoms with Gasteiger partial charge in [-0.2, -0.15) is 0 Å². The number of hydrogen-bond acceptors (Lipinski definition) is 7. The Bertz CT molecular complexity index is 1240. The molecule has 0 aliphatic heterocycles. The number of nitrogens with zero attached hydrogens (tertiary/aromatic N) is 3. The van der Waals surface area contributed by atoms with Gasteiger partial charge in [0.25, 0.3) is 0 Å². The second-order valence-corrected chi connectivity index (χ2v) is 11.4. The van der Waals surface area contributed by atoms with E-state index in [1.807, 2.05) is 38.1 Å².